The molecular formula is C15H19N5OS. The van der Waals surface area contributed by atoms with Gasteiger partial charge in [-0.25, -0.2) is 4.98 Å². The molecule has 2 aromatic heterocycles. The fourth-order valence-corrected chi connectivity index (χ4v) is 3.14. The van der Waals surface area contributed by atoms with Gasteiger partial charge in [0.1, 0.15) is 10.7 Å². The highest BCUT2D eigenvalue weighted by Crippen LogP contribution is 2.13. The van der Waals surface area contributed by atoms with Crippen molar-refractivity contribution in [3.63, 3.8) is 0 Å². The Bertz CT molecular complexity index is 622. The van der Waals surface area contributed by atoms with Gasteiger partial charge in [0.25, 0.3) is 5.91 Å². The lowest BCUT2D eigenvalue weighted by atomic mass is 10.2. The van der Waals surface area contributed by atoms with Gasteiger partial charge in [-0.2, -0.15) is 0 Å². The third-order valence-corrected chi connectivity index (χ3v) is 4.59. The highest BCUT2D eigenvalue weighted by Gasteiger charge is 2.23. The van der Waals surface area contributed by atoms with Gasteiger partial charge in [0.05, 0.1) is 5.69 Å². The fourth-order valence-electron chi connectivity index (χ4n) is 2.49. The van der Waals surface area contributed by atoms with Gasteiger partial charge in [0.2, 0.25) is 0 Å². The number of aromatic nitrogens is 2. The Hall–Kier alpha value is -1.83. The van der Waals surface area contributed by atoms with Crippen LogP contribution in [-0.4, -0.2) is 51.9 Å². The Morgan fingerprint density at radius 3 is 2.73 bits per heavy atom. The van der Waals surface area contributed by atoms with E-state index < -0.39 is 0 Å². The quantitative estimate of drug-likeness (QED) is 0.909. The maximum Gasteiger partial charge on any atom is 0.273 e. The number of hydrogen-bond acceptors (Lipinski definition) is 6. The molecule has 1 fully saturated rings. The molecule has 0 aromatic carbocycles. The summed E-state index contributed by atoms with van der Waals surface area (Å²) in [7, 11) is 0. The second-order valence-corrected chi connectivity index (χ2v) is 6.16. The number of piperazine rings is 1. The molecule has 0 saturated carbocycles. The standard InChI is InChI=1S/C15H19N5OS/c16-9-14-18-13(11-22-14)15(21)20-7-5-19(6-8-20)10-12-3-1-2-4-17-12/h1-4,11H,5-10,16H2. The molecule has 0 spiro atoms. The van der Waals surface area contributed by atoms with Crippen LogP contribution in [0.2, 0.25) is 0 Å². The van der Waals surface area contributed by atoms with Crippen LogP contribution in [0.5, 0.6) is 0 Å². The molecule has 0 radical (unpaired) electrons. The van der Waals surface area contributed by atoms with Crippen molar-refractivity contribution in [2.75, 3.05) is 26.2 Å². The molecule has 6 nitrogen and oxygen atoms in total. The first kappa shape index (κ1) is 15.1. The van der Waals surface area contributed by atoms with Crippen LogP contribution in [0.25, 0.3) is 0 Å². The average Bonchev–Trinajstić information content (AvgIpc) is 3.05. The molecule has 7 heteroatoms. The SMILES string of the molecule is NCc1nc(C(=O)N2CCN(Cc3ccccn3)CC2)cs1. The lowest BCUT2D eigenvalue weighted by Gasteiger charge is -2.34. The first-order valence-corrected chi connectivity index (χ1v) is 8.20. The smallest absolute Gasteiger partial charge is 0.273 e. The summed E-state index contributed by atoms with van der Waals surface area (Å²) in [6.45, 7) is 4.38. The molecule has 1 aliphatic rings. The van der Waals surface area contributed by atoms with Crippen molar-refractivity contribution in [1.82, 2.24) is 19.8 Å². The van der Waals surface area contributed by atoms with Crippen molar-refractivity contribution in [3.8, 4) is 0 Å². The van der Waals surface area contributed by atoms with Crippen LogP contribution in [0.3, 0.4) is 0 Å². The van der Waals surface area contributed by atoms with Crippen LogP contribution in [0.1, 0.15) is 21.2 Å². The summed E-state index contributed by atoms with van der Waals surface area (Å²) < 4.78 is 0. The molecule has 22 heavy (non-hydrogen) atoms. The maximum atomic E-state index is 12.4. The monoisotopic (exact) mass is 317 g/mol. The van der Waals surface area contributed by atoms with Crippen LogP contribution in [0.4, 0.5) is 0 Å². The van der Waals surface area contributed by atoms with E-state index in [1.54, 1.807) is 5.38 Å². The largest absolute Gasteiger partial charge is 0.335 e. The van der Waals surface area contributed by atoms with Crippen molar-refractivity contribution >= 4 is 17.2 Å². The minimum atomic E-state index is 0.00781. The minimum Gasteiger partial charge on any atom is -0.335 e. The van der Waals surface area contributed by atoms with Gasteiger partial charge in [-0.3, -0.25) is 14.7 Å². The number of nitrogens with two attached hydrogens (primary N) is 1. The van der Waals surface area contributed by atoms with Gasteiger partial charge in [-0.05, 0) is 12.1 Å². The molecule has 116 valence electrons. The van der Waals surface area contributed by atoms with E-state index in [1.807, 2.05) is 29.3 Å². The Morgan fingerprint density at radius 1 is 1.27 bits per heavy atom. The summed E-state index contributed by atoms with van der Waals surface area (Å²) in [4.78, 5) is 25.2. The molecule has 3 rings (SSSR count). The van der Waals surface area contributed by atoms with Crippen LogP contribution in [0, 0.1) is 0 Å². The highest BCUT2D eigenvalue weighted by atomic mass is 32.1. The Kier molecular flexibility index (Phi) is 4.77. The zero-order chi connectivity index (χ0) is 15.4. The van der Waals surface area contributed by atoms with Crippen molar-refractivity contribution in [2.24, 2.45) is 5.73 Å². The molecule has 1 aliphatic heterocycles. The number of rotatable bonds is 4. The van der Waals surface area contributed by atoms with Gasteiger partial charge < -0.3 is 10.6 Å². The normalized spacial score (nSPS) is 16.0. The molecule has 3 heterocycles. The number of amides is 1. The topological polar surface area (TPSA) is 75.3 Å². The summed E-state index contributed by atoms with van der Waals surface area (Å²) >= 11 is 1.44. The summed E-state index contributed by atoms with van der Waals surface area (Å²) in [5.74, 6) is 0.00781. The van der Waals surface area contributed by atoms with E-state index in [0.717, 1.165) is 43.4 Å². The van der Waals surface area contributed by atoms with E-state index in [9.17, 15) is 4.79 Å². The number of hydrogen-bond donors (Lipinski definition) is 1. The molecule has 0 atom stereocenters. The van der Waals surface area contributed by atoms with Crippen molar-refractivity contribution < 1.29 is 4.79 Å². The van der Waals surface area contributed by atoms with E-state index in [2.05, 4.69) is 14.9 Å². The van der Waals surface area contributed by atoms with Crippen molar-refractivity contribution in [1.29, 1.82) is 0 Å². The van der Waals surface area contributed by atoms with Crippen molar-refractivity contribution in [3.05, 3.63) is 46.2 Å². The third-order valence-electron chi connectivity index (χ3n) is 3.72. The Morgan fingerprint density at radius 2 is 2.09 bits per heavy atom. The van der Waals surface area contributed by atoms with Crippen LogP contribution in [-0.2, 0) is 13.1 Å². The lowest BCUT2D eigenvalue weighted by Crippen LogP contribution is -2.48. The van der Waals surface area contributed by atoms with Gasteiger partial charge in [0, 0.05) is 50.8 Å². The highest BCUT2D eigenvalue weighted by molar-refractivity contribution is 7.09. The fraction of sp³-hybridized carbons (Fsp3) is 0.400. The second-order valence-electron chi connectivity index (χ2n) is 5.22. The molecule has 0 unspecified atom stereocenters. The van der Waals surface area contributed by atoms with Crippen LogP contribution >= 0.6 is 11.3 Å². The van der Waals surface area contributed by atoms with E-state index in [1.165, 1.54) is 11.3 Å². The molecule has 0 bridgehead atoms. The predicted molar refractivity (Wildman–Crippen MR) is 85.4 cm³/mol. The van der Waals surface area contributed by atoms with Gasteiger partial charge >= 0.3 is 0 Å². The third kappa shape index (κ3) is 3.49. The number of thiazole rings is 1. The van der Waals surface area contributed by atoms with Crippen LogP contribution in [0.15, 0.2) is 29.8 Å². The van der Waals surface area contributed by atoms with Crippen molar-refractivity contribution in [2.45, 2.75) is 13.1 Å². The molecule has 2 aromatic rings. The summed E-state index contributed by atoms with van der Waals surface area (Å²) in [5.41, 5.74) is 7.13. The number of pyridine rings is 1. The molecule has 0 aliphatic carbocycles. The number of carbonyl (C=O) groups excluding carboxylic acids is 1. The second kappa shape index (κ2) is 6.95. The van der Waals surface area contributed by atoms with Gasteiger partial charge in [0.15, 0.2) is 0 Å². The zero-order valence-corrected chi connectivity index (χ0v) is 13.1. The molecule has 2 N–H and O–H groups in total. The Balaban J connectivity index is 1.54. The van der Waals surface area contributed by atoms with E-state index >= 15 is 0 Å². The zero-order valence-electron chi connectivity index (χ0n) is 12.3. The van der Waals surface area contributed by atoms with Gasteiger partial charge in [-0.1, -0.05) is 6.07 Å². The van der Waals surface area contributed by atoms with E-state index in [-0.39, 0.29) is 5.91 Å². The van der Waals surface area contributed by atoms with E-state index in [0.29, 0.717) is 12.2 Å². The first-order valence-electron chi connectivity index (χ1n) is 7.32. The predicted octanol–water partition coefficient (Wildman–Crippen LogP) is 0.955. The van der Waals surface area contributed by atoms with Gasteiger partial charge in [-0.15, -0.1) is 11.3 Å². The van der Waals surface area contributed by atoms with E-state index in [4.69, 9.17) is 5.73 Å². The van der Waals surface area contributed by atoms with Crippen LogP contribution < -0.4 is 5.73 Å². The number of carbonyl (C=O) groups is 1. The minimum absolute atomic E-state index is 0.00781. The summed E-state index contributed by atoms with van der Waals surface area (Å²) in [6.07, 6.45) is 1.81. The summed E-state index contributed by atoms with van der Waals surface area (Å²) in [5, 5.41) is 2.60. The average molecular weight is 317 g/mol. The Labute approximate surface area is 133 Å². The first-order chi connectivity index (χ1) is 10.8. The lowest BCUT2D eigenvalue weighted by molar-refractivity contribution is 0.0622. The molecular weight excluding hydrogens is 298 g/mol. The molecule has 1 amide bonds. The summed E-state index contributed by atoms with van der Waals surface area (Å²) in [6, 6.07) is 5.95. The maximum absolute atomic E-state index is 12.4. The number of nitrogens with zero attached hydrogens (tertiary/aromatic N) is 4. The molecule has 1 saturated heterocycles.